The molecule has 2 nitrogen and oxygen atoms in total. The van der Waals surface area contributed by atoms with Crippen molar-refractivity contribution in [2.45, 2.75) is 26.3 Å². The molecule has 0 aromatic heterocycles. The van der Waals surface area contributed by atoms with Crippen molar-refractivity contribution in [1.29, 1.82) is 0 Å². The third-order valence-electron chi connectivity index (χ3n) is 3.41. The minimum atomic E-state index is -0.0760. The second-order valence-electron chi connectivity index (χ2n) is 5.14. The Kier molecular flexibility index (Phi) is 4.81. The zero-order chi connectivity index (χ0) is 12.8. The number of nitrogens with zero attached hydrogens (tertiary/aromatic N) is 1. The van der Waals surface area contributed by atoms with Crippen molar-refractivity contribution in [3.63, 3.8) is 0 Å². The lowest BCUT2D eigenvalue weighted by atomic mass is 10.00. The molecule has 1 aromatic carbocycles. The summed E-state index contributed by atoms with van der Waals surface area (Å²) in [5, 5.41) is 8.64. The highest BCUT2D eigenvalue weighted by Gasteiger charge is 2.15. The molecule has 1 saturated heterocycles. The summed E-state index contributed by atoms with van der Waals surface area (Å²) >= 11 is 0. The standard InChI is InChI=1S/C16H21NO/c1-14-4-2-10-17(12-14)13-16-8-6-15(7-9-16)5-3-11-18/h6-9,14,18H,2,4,10-13H2,1H3. The van der Waals surface area contributed by atoms with E-state index in [1.807, 2.05) is 12.1 Å². The number of benzene rings is 1. The third kappa shape index (κ3) is 3.87. The molecule has 0 bridgehead atoms. The molecule has 1 heterocycles. The van der Waals surface area contributed by atoms with Gasteiger partial charge in [-0.15, -0.1) is 0 Å². The van der Waals surface area contributed by atoms with Gasteiger partial charge in [-0.2, -0.15) is 0 Å². The summed E-state index contributed by atoms with van der Waals surface area (Å²) in [5.41, 5.74) is 2.32. The van der Waals surface area contributed by atoms with Gasteiger partial charge in [0, 0.05) is 18.7 Å². The minimum absolute atomic E-state index is 0.0760. The number of aliphatic hydroxyl groups excluding tert-OH is 1. The van der Waals surface area contributed by atoms with Gasteiger partial charge >= 0.3 is 0 Å². The highest BCUT2D eigenvalue weighted by molar-refractivity contribution is 5.36. The van der Waals surface area contributed by atoms with Crippen LogP contribution in [0.5, 0.6) is 0 Å². The highest BCUT2D eigenvalue weighted by atomic mass is 16.2. The van der Waals surface area contributed by atoms with E-state index in [4.69, 9.17) is 5.11 Å². The van der Waals surface area contributed by atoms with Crippen molar-refractivity contribution in [3.8, 4) is 11.8 Å². The molecule has 1 fully saturated rings. The predicted octanol–water partition coefficient (Wildman–Crippen LogP) is 2.26. The molecule has 1 aliphatic heterocycles. The van der Waals surface area contributed by atoms with E-state index in [9.17, 15) is 0 Å². The topological polar surface area (TPSA) is 23.5 Å². The first kappa shape index (κ1) is 13.1. The first-order valence-corrected chi connectivity index (χ1v) is 6.69. The van der Waals surface area contributed by atoms with Crippen LogP contribution in [0.3, 0.4) is 0 Å². The largest absolute Gasteiger partial charge is 0.384 e. The molecule has 1 aromatic rings. The molecular formula is C16H21NO. The number of hydrogen-bond acceptors (Lipinski definition) is 2. The zero-order valence-electron chi connectivity index (χ0n) is 11.0. The molecule has 0 amide bonds. The van der Waals surface area contributed by atoms with Crippen LogP contribution in [0.15, 0.2) is 24.3 Å². The molecule has 0 aliphatic carbocycles. The van der Waals surface area contributed by atoms with Crippen LogP contribution in [0.25, 0.3) is 0 Å². The number of rotatable bonds is 2. The fourth-order valence-corrected chi connectivity index (χ4v) is 2.52. The number of hydrogen-bond donors (Lipinski definition) is 1. The molecule has 1 aliphatic rings. The van der Waals surface area contributed by atoms with E-state index in [0.717, 1.165) is 18.0 Å². The van der Waals surface area contributed by atoms with E-state index in [1.165, 1.54) is 31.5 Å². The van der Waals surface area contributed by atoms with E-state index in [2.05, 4.69) is 35.8 Å². The van der Waals surface area contributed by atoms with Gasteiger partial charge in [0.05, 0.1) is 0 Å². The fraction of sp³-hybridized carbons (Fsp3) is 0.500. The van der Waals surface area contributed by atoms with Gasteiger partial charge in [-0.1, -0.05) is 30.9 Å². The summed E-state index contributed by atoms with van der Waals surface area (Å²) in [7, 11) is 0. The van der Waals surface area contributed by atoms with E-state index < -0.39 is 0 Å². The Morgan fingerprint density at radius 2 is 2.11 bits per heavy atom. The van der Waals surface area contributed by atoms with Crippen LogP contribution in [0, 0.1) is 17.8 Å². The Hall–Kier alpha value is -1.30. The molecule has 0 spiro atoms. The van der Waals surface area contributed by atoms with Gasteiger partial charge in [-0.3, -0.25) is 4.90 Å². The van der Waals surface area contributed by atoms with Crippen molar-refractivity contribution in [1.82, 2.24) is 4.90 Å². The summed E-state index contributed by atoms with van der Waals surface area (Å²) in [6.07, 6.45) is 2.69. The smallest absolute Gasteiger partial charge is 0.104 e. The summed E-state index contributed by atoms with van der Waals surface area (Å²) in [4.78, 5) is 2.53. The van der Waals surface area contributed by atoms with Crippen LogP contribution < -0.4 is 0 Å². The van der Waals surface area contributed by atoms with Crippen molar-refractivity contribution < 1.29 is 5.11 Å². The lowest BCUT2D eigenvalue weighted by molar-refractivity contribution is 0.176. The Morgan fingerprint density at radius 3 is 2.78 bits per heavy atom. The van der Waals surface area contributed by atoms with Crippen LogP contribution in [0.2, 0.25) is 0 Å². The zero-order valence-corrected chi connectivity index (χ0v) is 11.0. The molecule has 2 rings (SSSR count). The van der Waals surface area contributed by atoms with Gasteiger partial charge < -0.3 is 5.11 Å². The van der Waals surface area contributed by atoms with Crippen LogP contribution in [-0.2, 0) is 6.54 Å². The molecule has 1 N–H and O–H groups in total. The van der Waals surface area contributed by atoms with Crippen molar-refractivity contribution in [2.75, 3.05) is 19.7 Å². The van der Waals surface area contributed by atoms with E-state index in [0.29, 0.717) is 0 Å². The average molecular weight is 243 g/mol. The Bertz CT molecular complexity index is 427. The third-order valence-corrected chi connectivity index (χ3v) is 3.41. The van der Waals surface area contributed by atoms with Crippen molar-refractivity contribution in [2.24, 2.45) is 5.92 Å². The van der Waals surface area contributed by atoms with Gasteiger partial charge in [0.2, 0.25) is 0 Å². The maximum absolute atomic E-state index is 8.64. The van der Waals surface area contributed by atoms with E-state index in [-0.39, 0.29) is 6.61 Å². The molecule has 0 saturated carbocycles. The second-order valence-corrected chi connectivity index (χ2v) is 5.14. The van der Waals surface area contributed by atoms with Gasteiger partial charge in [0.1, 0.15) is 6.61 Å². The molecular weight excluding hydrogens is 222 g/mol. The average Bonchev–Trinajstić information content (AvgIpc) is 2.38. The second kappa shape index (κ2) is 6.58. The van der Waals surface area contributed by atoms with Crippen LogP contribution in [0.4, 0.5) is 0 Å². The van der Waals surface area contributed by atoms with E-state index >= 15 is 0 Å². The quantitative estimate of drug-likeness (QED) is 0.805. The number of aliphatic hydroxyl groups is 1. The summed E-state index contributed by atoms with van der Waals surface area (Å²) in [6, 6.07) is 8.35. The van der Waals surface area contributed by atoms with Gasteiger partial charge in [-0.05, 0) is 43.0 Å². The van der Waals surface area contributed by atoms with Crippen LogP contribution in [-0.4, -0.2) is 29.7 Å². The predicted molar refractivity (Wildman–Crippen MR) is 74.1 cm³/mol. The maximum atomic E-state index is 8.64. The Labute approximate surface area is 110 Å². The van der Waals surface area contributed by atoms with Gasteiger partial charge in [-0.25, -0.2) is 0 Å². The Balaban J connectivity index is 1.93. The molecule has 18 heavy (non-hydrogen) atoms. The van der Waals surface area contributed by atoms with Gasteiger partial charge in [0.15, 0.2) is 0 Å². The summed E-state index contributed by atoms with van der Waals surface area (Å²) in [5.74, 6) is 6.41. The maximum Gasteiger partial charge on any atom is 0.104 e. The SMILES string of the molecule is CC1CCCN(Cc2ccc(C#CCO)cc2)C1. The number of piperidine rings is 1. The molecule has 96 valence electrons. The normalized spacial score (nSPS) is 20.2. The highest BCUT2D eigenvalue weighted by Crippen LogP contribution is 2.17. The first-order chi connectivity index (χ1) is 8.78. The molecule has 1 unspecified atom stereocenters. The van der Waals surface area contributed by atoms with Crippen molar-refractivity contribution >= 4 is 0 Å². The summed E-state index contributed by atoms with van der Waals surface area (Å²) in [6.45, 7) is 5.73. The van der Waals surface area contributed by atoms with E-state index in [1.54, 1.807) is 0 Å². The first-order valence-electron chi connectivity index (χ1n) is 6.69. The minimum Gasteiger partial charge on any atom is -0.384 e. The lowest BCUT2D eigenvalue weighted by Crippen LogP contribution is -2.33. The lowest BCUT2D eigenvalue weighted by Gasteiger charge is -2.30. The molecule has 0 radical (unpaired) electrons. The fourth-order valence-electron chi connectivity index (χ4n) is 2.52. The van der Waals surface area contributed by atoms with Crippen LogP contribution in [0.1, 0.15) is 30.9 Å². The number of likely N-dealkylation sites (tertiary alicyclic amines) is 1. The van der Waals surface area contributed by atoms with Crippen molar-refractivity contribution in [3.05, 3.63) is 35.4 Å². The molecule has 1 atom stereocenters. The Morgan fingerprint density at radius 1 is 1.33 bits per heavy atom. The van der Waals surface area contributed by atoms with Gasteiger partial charge in [0.25, 0.3) is 0 Å². The summed E-state index contributed by atoms with van der Waals surface area (Å²) < 4.78 is 0. The monoisotopic (exact) mass is 243 g/mol. The molecule has 2 heteroatoms. The van der Waals surface area contributed by atoms with Crippen LogP contribution >= 0.6 is 0 Å².